The maximum atomic E-state index is 12.0. The first-order valence-corrected chi connectivity index (χ1v) is 10.3. The number of carbonyl (C=O) groups is 1. The summed E-state index contributed by atoms with van der Waals surface area (Å²) in [7, 11) is 5.54. The van der Waals surface area contributed by atoms with Crippen molar-refractivity contribution in [3.05, 3.63) is 60.2 Å². The van der Waals surface area contributed by atoms with E-state index in [1.165, 1.54) is 5.69 Å². The monoisotopic (exact) mass is 408 g/mol. The minimum absolute atomic E-state index is 0.0215. The lowest BCUT2D eigenvalue weighted by molar-refractivity contribution is -0.116. The van der Waals surface area contributed by atoms with Gasteiger partial charge >= 0.3 is 0 Å². The maximum absolute atomic E-state index is 12.0. The van der Waals surface area contributed by atoms with E-state index in [-0.39, 0.29) is 5.91 Å². The van der Waals surface area contributed by atoms with E-state index in [0.717, 1.165) is 36.7 Å². The SMILES string of the molecule is CN=C(NCc1cccc(NC(=O)CN(C)C)c1)NC1CCN(c2ccccc2)C1. The average molecular weight is 409 g/mol. The molecule has 0 saturated carbocycles. The van der Waals surface area contributed by atoms with Crippen molar-refractivity contribution in [3.8, 4) is 0 Å². The van der Waals surface area contributed by atoms with Crippen LogP contribution in [0.25, 0.3) is 0 Å². The highest BCUT2D eigenvalue weighted by Gasteiger charge is 2.23. The second-order valence-corrected chi connectivity index (χ2v) is 7.82. The minimum Gasteiger partial charge on any atom is -0.369 e. The van der Waals surface area contributed by atoms with Crippen LogP contribution in [0.2, 0.25) is 0 Å². The summed E-state index contributed by atoms with van der Waals surface area (Å²) in [5.74, 6) is 0.767. The molecule has 1 aliphatic rings. The van der Waals surface area contributed by atoms with E-state index in [0.29, 0.717) is 19.1 Å². The Kier molecular flexibility index (Phi) is 7.68. The molecule has 0 spiro atoms. The molecule has 3 N–H and O–H groups in total. The Labute approximate surface area is 179 Å². The zero-order valence-corrected chi connectivity index (χ0v) is 18.1. The van der Waals surface area contributed by atoms with Crippen molar-refractivity contribution < 1.29 is 4.79 Å². The molecule has 0 radical (unpaired) electrons. The number of benzene rings is 2. The molecule has 1 unspecified atom stereocenters. The summed E-state index contributed by atoms with van der Waals surface area (Å²) in [5, 5.41) is 9.84. The lowest BCUT2D eigenvalue weighted by Gasteiger charge is -2.20. The quantitative estimate of drug-likeness (QED) is 0.484. The third kappa shape index (κ3) is 6.49. The third-order valence-electron chi connectivity index (χ3n) is 5.00. The van der Waals surface area contributed by atoms with E-state index in [2.05, 4.69) is 50.1 Å². The highest BCUT2D eigenvalue weighted by atomic mass is 16.2. The smallest absolute Gasteiger partial charge is 0.238 e. The number of para-hydroxylation sites is 1. The summed E-state index contributed by atoms with van der Waals surface area (Å²) in [6.45, 7) is 2.98. The molecule has 1 atom stereocenters. The van der Waals surface area contributed by atoms with Gasteiger partial charge in [-0.15, -0.1) is 0 Å². The number of carbonyl (C=O) groups excluding carboxylic acids is 1. The van der Waals surface area contributed by atoms with E-state index in [1.54, 1.807) is 7.05 Å². The summed E-state index contributed by atoms with van der Waals surface area (Å²) in [6.07, 6.45) is 1.07. The molecule has 1 aliphatic heterocycles. The van der Waals surface area contributed by atoms with Crippen LogP contribution in [0.4, 0.5) is 11.4 Å². The van der Waals surface area contributed by atoms with Gasteiger partial charge in [-0.05, 0) is 50.3 Å². The number of guanidine groups is 1. The summed E-state index contributed by atoms with van der Waals surface area (Å²) in [5.41, 5.74) is 3.15. The number of hydrogen-bond acceptors (Lipinski definition) is 4. The first kappa shape index (κ1) is 21.6. The van der Waals surface area contributed by atoms with Gasteiger partial charge in [0.2, 0.25) is 5.91 Å². The average Bonchev–Trinajstić information content (AvgIpc) is 3.20. The first-order valence-electron chi connectivity index (χ1n) is 10.3. The van der Waals surface area contributed by atoms with Crippen LogP contribution in [0, 0.1) is 0 Å². The number of likely N-dealkylation sites (N-methyl/N-ethyl adjacent to an activating group) is 1. The molecule has 2 aromatic rings. The number of anilines is 2. The normalized spacial score (nSPS) is 16.6. The lowest BCUT2D eigenvalue weighted by atomic mass is 10.2. The fraction of sp³-hybridized carbons (Fsp3) is 0.391. The predicted octanol–water partition coefficient (Wildman–Crippen LogP) is 2.13. The molecular weight excluding hydrogens is 376 g/mol. The van der Waals surface area contributed by atoms with E-state index in [4.69, 9.17) is 0 Å². The fourth-order valence-corrected chi connectivity index (χ4v) is 3.57. The number of nitrogens with one attached hydrogen (secondary N) is 3. The molecule has 30 heavy (non-hydrogen) atoms. The summed E-state index contributed by atoms with van der Waals surface area (Å²) < 4.78 is 0. The molecule has 7 nitrogen and oxygen atoms in total. The van der Waals surface area contributed by atoms with Gasteiger partial charge in [-0.2, -0.15) is 0 Å². The molecule has 1 saturated heterocycles. The Morgan fingerprint density at radius 1 is 1.17 bits per heavy atom. The van der Waals surface area contributed by atoms with Crippen LogP contribution < -0.4 is 20.9 Å². The Balaban J connectivity index is 1.49. The molecule has 2 aromatic carbocycles. The lowest BCUT2D eigenvalue weighted by Crippen LogP contribution is -2.44. The van der Waals surface area contributed by atoms with Crippen LogP contribution in [-0.4, -0.2) is 63.6 Å². The largest absolute Gasteiger partial charge is 0.369 e. The number of hydrogen-bond donors (Lipinski definition) is 3. The number of aliphatic imine (C=N–C) groups is 1. The Bertz CT molecular complexity index is 852. The number of nitrogens with zero attached hydrogens (tertiary/aromatic N) is 3. The minimum atomic E-state index is -0.0215. The highest BCUT2D eigenvalue weighted by molar-refractivity contribution is 5.92. The number of amides is 1. The van der Waals surface area contributed by atoms with Gasteiger partial charge in [0.1, 0.15) is 0 Å². The van der Waals surface area contributed by atoms with Gasteiger partial charge < -0.3 is 25.8 Å². The third-order valence-corrected chi connectivity index (χ3v) is 5.00. The molecule has 7 heteroatoms. The van der Waals surface area contributed by atoms with Crippen LogP contribution in [0.3, 0.4) is 0 Å². The Morgan fingerprint density at radius 3 is 2.70 bits per heavy atom. The zero-order chi connectivity index (χ0) is 21.3. The van der Waals surface area contributed by atoms with E-state index < -0.39 is 0 Å². The topological polar surface area (TPSA) is 72.0 Å². The number of rotatable bonds is 7. The second kappa shape index (κ2) is 10.6. The molecule has 160 valence electrons. The Hall–Kier alpha value is -3.06. The summed E-state index contributed by atoms with van der Waals surface area (Å²) >= 11 is 0. The maximum Gasteiger partial charge on any atom is 0.238 e. The van der Waals surface area contributed by atoms with Gasteiger partial charge in [0.25, 0.3) is 0 Å². The molecule has 3 rings (SSSR count). The molecule has 1 heterocycles. The zero-order valence-electron chi connectivity index (χ0n) is 18.1. The van der Waals surface area contributed by atoms with Gasteiger partial charge in [0.05, 0.1) is 6.54 Å². The van der Waals surface area contributed by atoms with Crippen molar-refractivity contribution in [2.24, 2.45) is 4.99 Å². The first-order chi connectivity index (χ1) is 14.5. The molecule has 1 fully saturated rings. The van der Waals surface area contributed by atoms with Crippen molar-refractivity contribution >= 4 is 23.2 Å². The van der Waals surface area contributed by atoms with Gasteiger partial charge in [0.15, 0.2) is 5.96 Å². The van der Waals surface area contributed by atoms with Gasteiger partial charge in [-0.3, -0.25) is 9.79 Å². The van der Waals surface area contributed by atoms with Crippen molar-refractivity contribution in [2.45, 2.75) is 19.0 Å². The Morgan fingerprint density at radius 2 is 1.97 bits per heavy atom. The van der Waals surface area contributed by atoms with Crippen LogP contribution in [0.5, 0.6) is 0 Å². The molecule has 0 aromatic heterocycles. The molecule has 1 amide bonds. The van der Waals surface area contributed by atoms with E-state index >= 15 is 0 Å². The van der Waals surface area contributed by atoms with Gasteiger partial charge in [-0.1, -0.05) is 30.3 Å². The van der Waals surface area contributed by atoms with Crippen LogP contribution in [0.1, 0.15) is 12.0 Å². The summed E-state index contributed by atoms with van der Waals surface area (Å²) in [4.78, 5) is 20.6. The van der Waals surface area contributed by atoms with Gasteiger partial charge in [-0.25, -0.2) is 0 Å². The van der Waals surface area contributed by atoms with Gasteiger partial charge in [0, 0.05) is 44.1 Å². The molecule has 0 bridgehead atoms. The van der Waals surface area contributed by atoms with Crippen LogP contribution in [-0.2, 0) is 11.3 Å². The van der Waals surface area contributed by atoms with Crippen LogP contribution in [0.15, 0.2) is 59.6 Å². The van der Waals surface area contributed by atoms with Crippen LogP contribution >= 0.6 is 0 Å². The standard InChI is InChI=1S/C23H32N6O/c1-24-23(27-20-12-13-29(16-20)21-10-5-4-6-11-21)25-15-18-8-7-9-19(14-18)26-22(30)17-28(2)3/h4-11,14,20H,12-13,15-17H2,1-3H3,(H,26,30)(H2,24,25,27). The molecule has 0 aliphatic carbocycles. The van der Waals surface area contributed by atoms with E-state index in [9.17, 15) is 4.79 Å². The fourth-order valence-electron chi connectivity index (χ4n) is 3.57. The second-order valence-electron chi connectivity index (χ2n) is 7.82. The summed E-state index contributed by atoms with van der Waals surface area (Å²) in [6, 6.07) is 18.7. The molecular formula is C23H32N6O. The van der Waals surface area contributed by atoms with Crippen molar-refractivity contribution in [1.29, 1.82) is 0 Å². The predicted molar refractivity (Wildman–Crippen MR) is 124 cm³/mol. The highest BCUT2D eigenvalue weighted by Crippen LogP contribution is 2.19. The van der Waals surface area contributed by atoms with Crippen molar-refractivity contribution in [1.82, 2.24) is 15.5 Å². The van der Waals surface area contributed by atoms with Crippen molar-refractivity contribution in [3.63, 3.8) is 0 Å². The van der Waals surface area contributed by atoms with E-state index in [1.807, 2.05) is 49.3 Å². The van der Waals surface area contributed by atoms with Crippen molar-refractivity contribution in [2.75, 3.05) is 51.0 Å².